The van der Waals surface area contributed by atoms with Gasteiger partial charge in [-0.1, -0.05) is 5.16 Å². The second kappa shape index (κ2) is 8.44. The lowest BCUT2D eigenvalue weighted by Crippen LogP contribution is -2.04. The zero-order valence-corrected chi connectivity index (χ0v) is 13.1. The molecule has 0 N–H and O–H groups in total. The third-order valence-electron chi connectivity index (χ3n) is 2.94. The van der Waals surface area contributed by atoms with Crippen LogP contribution in [0.4, 0.5) is 0 Å². The van der Waals surface area contributed by atoms with Crippen LogP contribution in [-0.2, 0) is 11.4 Å². The molecule has 0 bridgehead atoms. The minimum absolute atomic E-state index is 0.358. The molecule has 0 saturated carbocycles. The van der Waals surface area contributed by atoms with Crippen molar-refractivity contribution in [1.82, 2.24) is 9.78 Å². The fourth-order valence-corrected chi connectivity index (χ4v) is 1.87. The molecule has 1 heterocycles. The highest BCUT2D eigenvalue weighted by molar-refractivity contribution is 5.80. The minimum Gasteiger partial charge on any atom is -0.493 e. The summed E-state index contributed by atoms with van der Waals surface area (Å²) in [6, 6.07) is 7.54. The van der Waals surface area contributed by atoms with E-state index in [1.54, 1.807) is 24.2 Å². The van der Waals surface area contributed by atoms with Crippen LogP contribution in [-0.4, -0.2) is 36.3 Å². The van der Waals surface area contributed by atoms with Gasteiger partial charge in [0.1, 0.15) is 12.7 Å². The van der Waals surface area contributed by atoms with Gasteiger partial charge in [-0.2, -0.15) is 10.4 Å². The molecule has 0 atom stereocenters. The van der Waals surface area contributed by atoms with E-state index in [0.29, 0.717) is 36.8 Å². The van der Waals surface area contributed by atoms with Crippen molar-refractivity contribution in [2.75, 3.05) is 20.3 Å². The summed E-state index contributed by atoms with van der Waals surface area (Å²) < 4.78 is 12.4. The molecule has 2 aromatic rings. The predicted octanol–water partition coefficient (Wildman–Crippen LogP) is 2.21. The van der Waals surface area contributed by atoms with Crippen molar-refractivity contribution in [3.05, 3.63) is 41.7 Å². The molecule has 1 aromatic carbocycles. The van der Waals surface area contributed by atoms with Gasteiger partial charge in [0.2, 0.25) is 0 Å². The molecule has 7 nitrogen and oxygen atoms in total. The number of hydrogen-bond donors (Lipinski definition) is 0. The predicted molar refractivity (Wildman–Crippen MR) is 84.7 cm³/mol. The number of ether oxygens (including phenoxy) is 2. The second-order valence-electron chi connectivity index (χ2n) is 4.51. The molecule has 0 aliphatic rings. The van der Waals surface area contributed by atoms with Crippen molar-refractivity contribution >= 4 is 6.21 Å². The van der Waals surface area contributed by atoms with E-state index in [9.17, 15) is 0 Å². The Morgan fingerprint density at radius 3 is 2.96 bits per heavy atom. The maximum absolute atomic E-state index is 8.71. The van der Waals surface area contributed by atoms with E-state index in [-0.39, 0.29) is 0 Å². The highest BCUT2D eigenvalue weighted by Crippen LogP contribution is 2.27. The number of methoxy groups -OCH3 is 1. The van der Waals surface area contributed by atoms with Gasteiger partial charge in [-0.15, -0.1) is 0 Å². The lowest BCUT2D eigenvalue weighted by atomic mass is 10.2. The van der Waals surface area contributed by atoms with Gasteiger partial charge in [0.05, 0.1) is 38.2 Å². The molecule has 0 saturated heterocycles. The van der Waals surface area contributed by atoms with Crippen LogP contribution >= 0.6 is 0 Å². The molecule has 0 aliphatic heterocycles. The molecule has 0 aliphatic carbocycles. The van der Waals surface area contributed by atoms with Crippen LogP contribution in [0.15, 0.2) is 35.7 Å². The van der Waals surface area contributed by atoms with Gasteiger partial charge in [-0.3, -0.25) is 4.68 Å². The molecule has 120 valence electrons. The monoisotopic (exact) mass is 314 g/mol. The Bertz CT molecular complexity index is 704. The van der Waals surface area contributed by atoms with Crippen molar-refractivity contribution < 1.29 is 14.3 Å². The number of aromatic nitrogens is 2. The van der Waals surface area contributed by atoms with Gasteiger partial charge in [0, 0.05) is 11.8 Å². The first-order chi connectivity index (χ1) is 11.3. The maximum Gasteiger partial charge on any atom is 0.161 e. The molecule has 1 aromatic heterocycles. The Morgan fingerprint density at radius 1 is 1.39 bits per heavy atom. The van der Waals surface area contributed by atoms with Crippen LogP contribution in [0.3, 0.4) is 0 Å². The summed E-state index contributed by atoms with van der Waals surface area (Å²) in [6.45, 7) is 3.37. The maximum atomic E-state index is 8.71. The lowest BCUT2D eigenvalue weighted by Gasteiger charge is -2.09. The summed E-state index contributed by atoms with van der Waals surface area (Å²) in [6.07, 6.45) is 4.77. The molecule has 23 heavy (non-hydrogen) atoms. The number of rotatable bonds is 8. The average Bonchev–Trinajstić information content (AvgIpc) is 3.04. The summed E-state index contributed by atoms with van der Waals surface area (Å²) in [4.78, 5) is 5.19. The summed E-state index contributed by atoms with van der Waals surface area (Å²) >= 11 is 0. The third-order valence-corrected chi connectivity index (χ3v) is 2.94. The van der Waals surface area contributed by atoms with Crippen LogP contribution < -0.4 is 9.47 Å². The van der Waals surface area contributed by atoms with E-state index in [4.69, 9.17) is 19.6 Å². The van der Waals surface area contributed by atoms with Crippen LogP contribution in [0, 0.1) is 11.3 Å². The summed E-state index contributed by atoms with van der Waals surface area (Å²) in [7, 11) is 1.59. The highest BCUT2D eigenvalue weighted by atomic mass is 16.6. The summed E-state index contributed by atoms with van der Waals surface area (Å²) in [5.41, 5.74) is 1.37. The number of hydrogen-bond acceptors (Lipinski definition) is 6. The first-order valence-corrected chi connectivity index (χ1v) is 7.15. The Kier molecular flexibility index (Phi) is 6.00. The van der Waals surface area contributed by atoms with E-state index < -0.39 is 0 Å². The number of nitriles is 1. The quantitative estimate of drug-likeness (QED) is 0.424. The van der Waals surface area contributed by atoms with Crippen molar-refractivity contribution in [3.63, 3.8) is 0 Å². The fraction of sp³-hybridized carbons (Fsp3) is 0.312. The van der Waals surface area contributed by atoms with Crippen molar-refractivity contribution in [3.8, 4) is 17.6 Å². The van der Waals surface area contributed by atoms with Crippen LogP contribution in [0.5, 0.6) is 11.5 Å². The second-order valence-corrected chi connectivity index (χ2v) is 4.51. The molecule has 0 amide bonds. The first kappa shape index (κ1) is 16.4. The van der Waals surface area contributed by atoms with Gasteiger partial charge in [-0.25, -0.2) is 0 Å². The minimum atomic E-state index is 0.358. The van der Waals surface area contributed by atoms with Gasteiger partial charge in [0.25, 0.3) is 0 Å². The molecule has 0 unspecified atom stereocenters. The van der Waals surface area contributed by atoms with Crippen LogP contribution in [0.1, 0.15) is 18.1 Å². The lowest BCUT2D eigenvalue weighted by molar-refractivity contribution is 0.134. The van der Waals surface area contributed by atoms with E-state index in [1.807, 2.05) is 31.2 Å². The van der Waals surface area contributed by atoms with E-state index >= 15 is 0 Å². The zero-order valence-electron chi connectivity index (χ0n) is 13.1. The van der Waals surface area contributed by atoms with Crippen LogP contribution in [0.2, 0.25) is 0 Å². The Hall–Kier alpha value is -3.01. The molecule has 0 radical (unpaired) electrons. The topological polar surface area (TPSA) is 81.7 Å². The summed E-state index contributed by atoms with van der Waals surface area (Å²) in [5.74, 6) is 1.34. The van der Waals surface area contributed by atoms with Crippen LogP contribution in [0.25, 0.3) is 0 Å². The molecule has 0 spiro atoms. The number of nitrogens with zero attached hydrogens (tertiary/aromatic N) is 4. The van der Waals surface area contributed by atoms with Crippen molar-refractivity contribution in [1.29, 1.82) is 5.26 Å². The molecular formula is C16H18N4O3. The summed E-state index contributed by atoms with van der Waals surface area (Å²) in [5, 5.41) is 16.6. The SMILES string of the molecule is CCOc1ccc(C=NOCCn2cc(C#N)cn2)cc1OC. The molecule has 2 rings (SSSR count). The Balaban J connectivity index is 1.84. The Morgan fingerprint density at radius 2 is 2.26 bits per heavy atom. The molecular weight excluding hydrogens is 296 g/mol. The average molecular weight is 314 g/mol. The van der Waals surface area contributed by atoms with E-state index in [1.165, 1.54) is 6.20 Å². The first-order valence-electron chi connectivity index (χ1n) is 7.15. The largest absolute Gasteiger partial charge is 0.493 e. The zero-order chi connectivity index (χ0) is 16.5. The molecule has 7 heteroatoms. The van der Waals surface area contributed by atoms with Gasteiger partial charge < -0.3 is 14.3 Å². The van der Waals surface area contributed by atoms with Gasteiger partial charge in [-0.05, 0) is 25.1 Å². The fourth-order valence-electron chi connectivity index (χ4n) is 1.87. The van der Waals surface area contributed by atoms with Crippen molar-refractivity contribution in [2.45, 2.75) is 13.5 Å². The number of benzene rings is 1. The van der Waals surface area contributed by atoms with E-state index in [0.717, 1.165) is 5.56 Å². The standard InChI is InChI=1S/C16H18N4O3/c1-3-22-15-5-4-13(8-16(15)21-2)11-19-23-7-6-20-12-14(9-17)10-18-20/h4-5,8,10-12H,3,6-7H2,1-2H3. The highest BCUT2D eigenvalue weighted by Gasteiger charge is 2.04. The number of oxime groups is 1. The smallest absolute Gasteiger partial charge is 0.161 e. The van der Waals surface area contributed by atoms with E-state index in [2.05, 4.69) is 10.3 Å². The Labute approximate surface area is 134 Å². The van der Waals surface area contributed by atoms with Crippen molar-refractivity contribution in [2.24, 2.45) is 5.16 Å². The third kappa shape index (κ3) is 4.74. The van der Waals surface area contributed by atoms with Gasteiger partial charge in [0.15, 0.2) is 11.5 Å². The molecule has 0 fully saturated rings. The van der Waals surface area contributed by atoms with Gasteiger partial charge >= 0.3 is 0 Å². The normalized spacial score (nSPS) is 10.5.